The molecule has 34 heavy (non-hydrogen) atoms. The molecule has 1 unspecified atom stereocenters. The molecular formula is C26H29FN2O5. The first-order valence-corrected chi connectivity index (χ1v) is 11.4. The van der Waals surface area contributed by atoms with E-state index >= 15 is 0 Å². The van der Waals surface area contributed by atoms with Gasteiger partial charge in [0.15, 0.2) is 11.6 Å². The topological polar surface area (TPSA) is 79.3 Å². The summed E-state index contributed by atoms with van der Waals surface area (Å²) in [7, 11) is 1.35. The number of aryl methyl sites for hydroxylation is 1. The van der Waals surface area contributed by atoms with Crippen LogP contribution in [0, 0.1) is 12.7 Å². The van der Waals surface area contributed by atoms with E-state index in [0.717, 1.165) is 31.3 Å². The Labute approximate surface area is 198 Å². The van der Waals surface area contributed by atoms with E-state index in [0.29, 0.717) is 31.7 Å². The summed E-state index contributed by atoms with van der Waals surface area (Å²) in [5.74, 6) is -2.48. The zero-order valence-electron chi connectivity index (χ0n) is 19.4. The number of benzene rings is 2. The van der Waals surface area contributed by atoms with Crippen LogP contribution >= 0.6 is 0 Å². The summed E-state index contributed by atoms with van der Waals surface area (Å²) in [6, 6.07) is 10.7. The van der Waals surface area contributed by atoms with E-state index in [-0.39, 0.29) is 16.9 Å². The van der Waals surface area contributed by atoms with Gasteiger partial charge >= 0.3 is 0 Å². The molecule has 0 radical (unpaired) electrons. The van der Waals surface area contributed by atoms with Crippen LogP contribution in [0.25, 0.3) is 5.76 Å². The van der Waals surface area contributed by atoms with Crippen LogP contribution in [0.2, 0.25) is 0 Å². The highest BCUT2D eigenvalue weighted by Gasteiger charge is 2.45. The van der Waals surface area contributed by atoms with E-state index in [9.17, 15) is 19.1 Å². The van der Waals surface area contributed by atoms with Crippen LogP contribution < -0.4 is 4.74 Å². The molecule has 2 fully saturated rings. The number of ketones is 1. The maximum Gasteiger partial charge on any atom is 0.295 e. The van der Waals surface area contributed by atoms with Crippen LogP contribution in [-0.4, -0.2) is 73.1 Å². The highest BCUT2D eigenvalue weighted by Crippen LogP contribution is 2.40. The highest BCUT2D eigenvalue weighted by atomic mass is 19.1. The highest BCUT2D eigenvalue weighted by molar-refractivity contribution is 6.46. The number of carbonyl (C=O) groups is 2. The van der Waals surface area contributed by atoms with Crippen LogP contribution in [0.3, 0.4) is 0 Å². The molecule has 180 valence electrons. The standard InChI is InChI=1S/C26H29FN2O5/c1-17-4-6-18(7-5-17)23-22(24(30)19-8-9-21(33-2)20(27)16-19)25(31)26(32)29(23)11-3-10-28-12-14-34-15-13-28/h4-9,16,23,30H,3,10-15H2,1-2H3. The van der Waals surface area contributed by atoms with Gasteiger partial charge in [-0.15, -0.1) is 0 Å². The Kier molecular flexibility index (Phi) is 7.29. The first kappa shape index (κ1) is 23.9. The number of Topliss-reactive ketones (excluding diaryl/α,β-unsaturated/α-hetero) is 1. The Bertz CT molecular complexity index is 1090. The smallest absolute Gasteiger partial charge is 0.295 e. The molecule has 0 saturated carbocycles. The van der Waals surface area contributed by atoms with Gasteiger partial charge < -0.3 is 19.5 Å². The minimum absolute atomic E-state index is 0.0233. The van der Waals surface area contributed by atoms with Gasteiger partial charge in [0.1, 0.15) is 5.76 Å². The van der Waals surface area contributed by atoms with Crippen molar-refractivity contribution >= 4 is 17.4 Å². The molecule has 0 aromatic heterocycles. The van der Waals surface area contributed by atoms with Crippen molar-refractivity contribution in [3.8, 4) is 5.75 Å². The summed E-state index contributed by atoms with van der Waals surface area (Å²) in [5.41, 5.74) is 1.82. The molecule has 2 saturated heterocycles. The van der Waals surface area contributed by atoms with Crippen molar-refractivity contribution in [2.75, 3.05) is 46.5 Å². The number of halogens is 1. The number of likely N-dealkylation sites (tertiary alicyclic amines) is 1. The molecule has 1 amide bonds. The number of ether oxygens (including phenoxy) is 2. The van der Waals surface area contributed by atoms with Crippen molar-refractivity contribution in [2.45, 2.75) is 19.4 Å². The van der Waals surface area contributed by atoms with Crippen LogP contribution in [0.5, 0.6) is 5.75 Å². The zero-order valence-corrected chi connectivity index (χ0v) is 19.4. The first-order chi connectivity index (χ1) is 16.4. The molecule has 2 aliphatic heterocycles. The number of carbonyl (C=O) groups excluding carboxylic acids is 2. The molecule has 0 spiro atoms. The molecule has 8 heteroatoms. The van der Waals surface area contributed by atoms with E-state index in [1.807, 2.05) is 31.2 Å². The quantitative estimate of drug-likeness (QED) is 0.382. The third-order valence-electron chi connectivity index (χ3n) is 6.34. The molecule has 2 aromatic carbocycles. The van der Waals surface area contributed by atoms with E-state index in [1.165, 1.54) is 24.1 Å². The number of aliphatic hydroxyl groups excluding tert-OH is 1. The lowest BCUT2D eigenvalue weighted by atomic mass is 9.94. The summed E-state index contributed by atoms with van der Waals surface area (Å²) in [5, 5.41) is 11.1. The largest absolute Gasteiger partial charge is 0.507 e. The number of aliphatic hydroxyl groups is 1. The van der Waals surface area contributed by atoms with E-state index < -0.39 is 29.3 Å². The second-order valence-electron chi connectivity index (χ2n) is 8.56. The molecule has 2 aliphatic rings. The van der Waals surface area contributed by atoms with Gasteiger partial charge in [0, 0.05) is 31.7 Å². The summed E-state index contributed by atoms with van der Waals surface area (Å²) >= 11 is 0. The molecule has 0 aliphatic carbocycles. The fraction of sp³-hybridized carbons (Fsp3) is 0.385. The molecular weight excluding hydrogens is 439 g/mol. The lowest BCUT2D eigenvalue weighted by Gasteiger charge is -2.29. The number of hydrogen-bond acceptors (Lipinski definition) is 6. The monoisotopic (exact) mass is 468 g/mol. The third kappa shape index (κ3) is 4.83. The Hall–Kier alpha value is -3.23. The van der Waals surface area contributed by atoms with Gasteiger partial charge in [0.05, 0.1) is 31.9 Å². The van der Waals surface area contributed by atoms with Crippen molar-refractivity contribution < 1.29 is 28.6 Å². The molecule has 7 nitrogen and oxygen atoms in total. The number of amides is 1. The minimum atomic E-state index is -0.773. The van der Waals surface area contributed by atoms with E-state index in [2.05, 4.69) is 4.90 Å². The normalized spacial score (nSPS) is 20.7. The Morgan fingerprint density at radius 3 is 2.47 bits per heavy atom. The fourth-order valence-corrected chi connectivity index (χ4v) is 4.46. The Balaban J connectivity index is 1.68. The first-order valence-electron chi connectivity index (χ1n) is 11.4. The molecule has 1 N–H and O–H groups in total. The maximum atomic E-state index is 14.3. The minimum Gasteiger partial charge on any atom is -0.507 e. The van der Waals surface area contributed by atoms with Crippen molar-refractivity contribution in [2.24, 2.45) is 0 Å². The van der Waals surface area contributed by atoms with Crippen molar-refractivity contribution in [1.29, 1.82) is 0 Å². The number of rotatable bonds is 7. The van der Waals surface area contributed by atoms with Crippen LogP contribution in [-0.2, 0) is 14.3 Å². The van der Waals surface area contributed by atoms with Crippen molar-refractivity contribution in [3.63, 3.8) is 0 Å². The number of morpholine rings is 1. The maximum absolute atomic E-state index is 14.3. The molecule has 2 aromatic rings. The fourth-order valence-electron chi connectivity index (χ4n) is 4.46. The van der Waals surface area contributed by atoms with Gasteiger partial charge in [-0.2, -0.15) is 0 Å². The predicted octanol–water partition coefficient (Wildman–Crippen LogP) is 3.29. The van der Waals surface area contributed by atoms with E-state index in [4.69, 9.17) is 9.47 Å². The molecule has 0 bridgehead atoms. The van der Waals surface area contributed by atoms with E-state index in [1.54, 1.807) is 0 Å². The van der Waals surface area contributed by atoms with Gasteiger partial charge in [0.25, 0.3) is 11.7 Å². The van der Waals surface area contributed by atoms with Crippen molar-refractivity contribution in [1.82, 2.24) is 9.80 Å². The number of methoxy groups -OCH3 is 1. The van der Waals surface area contributed by atoms with Gasteiger partial charge in [-0.25, -0.2) is 4.39 Å². The lowest BCUT2D eigenvalue weighted by molar-refractivity contribution is -0.140. The molecule has 1 atom stereocenters. The molecule has 2 heterocycles. The van der Waals surface area contributed by atoms with Gasteiger partial charge in [0.2, 0.25) is 0 Å². The summed E-state index contributed by atoms with van der Waals surface area (Å²) in [4.78, 5) is 29.9. The summed E-state index contributed by atoms with van der Waals surface area (Å²) in [6.45, 7) is 6.12. The van der Waals surface area contributed by atoms with Crippen LogP contribution in [0.15, 0.2) is 48.0 Å². The molecule has 4 rings (SSSR count). The average molecular weight is 469 g/mol. The van der Waals surface area contributed by atoms with Gasteiger partial charge in [-0.3, -0.25) is 14.5 Å². The average Bonchev–Trinajstić information content (AvgIpc) is 3.09. The van der Waals surface area contributed by atoms with Gasteiger partial charge in [-0.05, 0) is 37.1 Å². The lowest BCUT2D eigenvalue weighted by Crippen LogP contribution is -2.38. The van der Waals surface area contributed by atoms with Gasteiger partial charge in [-0.1, -0.05) is 29.8 Å². The second-order valence-corrected chi connectivity index (χ2v) is 8.56. The SMILES string of the molecule is COc1ccc(C(O)=C2C(=O)C(=O)N(CCCN3CCOCC3)C2c2ccc(C)cc2)cc1F. The van der Waals surface area contributed by atoms with Crippen LogP contribution in [0.1, 0.15) is 29.2 Å². The number of nitrogens with zero attached hydrogens (tertiary/aromatic N) is 2. The van der Waals surface area contributed by atoms with Crippen molar-refractivity contribution in [3.05, 3.63) is 70.5 Å². The summed E-state index contributed by atoms with van der Waals surface area (Å²) in [6.07, 6.45) is 0.673. The third-order valence-corrected chi connectivity index (χ3v) is 6.34. The Morgan fingerprint density at radius 1 is 1.12 bits per heavy atom. The van der Waals surface area contributed by atoms with Crippen LogP contribution in [0.4, 0.5) is 4.39 Å². The summed E-state index contributed by atoms with van der Waals surface area (Å²) < 4.78 is 24.6. The Morgan fingerprint density at radius 2 is 1.82 bits per heavy atom. The zero-order chi connectivity index (χ0) is 24.2. The number of hydrogen-bond donors (Lipinski definition) is 1. The second kappa shape index (κ2) is 10.4. The predicted molar refractivity (Wildman–Crippen MR) is 125 cm³/mol.